The van der Waals surface area contributed by atoms with Crippen molar-refractivity contribution < 1.29 is 9.18 Å². The van der Waals surface area contributed by atoms with Gasteiger partial charge in [0.05, 0.1) is 22.6 Å². The fraction of sp³-hybridized carbons (Fsp3) is 0.300. The van der Waals surface area contributed by atoms with Crippen LogP contribution in [0.3, 0.4) is 0 Å². The summed E-state index contributed by atoms with van der Waals surface area (Å²) >= 11 is 5.74. The van der Waals surface area contributed by atoms with Gasteiger partial charge in [0.15, 0.2) is 0 Å². The molecule has 3 aromatic rings. The quantitative estimate of drug-likeness (QED) is 0.702. The molecule has 0 bridgehead atoms. The number of amides is 1. The molecule has 4 rings (SSSR count). The lowest BCUT2D eigenvalue weighted by Crippen LogP contribution is -2.41. The fourth-order valence-electron chi connectivity index (χ4n) is 3.75. The highest BCUT2D eigenvalue weighted by Gasteiger charge is 2.24. The van der Waals surface area contributed by atoms with Gasteiger partial charge in [-0.1, -0.05) is 23.7 Å². The SMILES string of the molecule is O=C(CN1CCC(n2c(=O)[nH]c3ccccc32)CC1)Nc1ccc(F)c(Cl)c1. The van der Waals surface area contributed by atoms with Crippen LogP contribution in [0, 0.1) is 5.82 Å². The van der Waals surface area contributed by atoms with E-state index in [1.54, 1.807) is 0 Å². The van der Waals surface area contributed by atoms with Crippen molar-refractivity contribution >= 4 is 34.2 Å². The summed E-state index contributed by atoms with van der Waals surface area (Å²) in [5.74, 6) is -0.695. The van der Waals surface area contributed by atoms with E-state index in [1.165, 1.54) is 18.2 Å². The number of halogens is 2. The Labute approximate surface area is 165 Å². The van der Waals surface area contributed by atoms with E-state index in [9.17, 15) is 14.0 Å². The molecule has 1 aliphatic heterocycles. The van der Waals surface area contributed by atoms with E-state index >= 15 is 0 Å². The molecule has 146 valence electrons. The number of likely N-dealkylation sites (tertiary alicyclic amines) is 1. The first-order chi connectivity index (χ1) is 13.5. The molecular weight excluding hydrogens is 383 g/mol. The maximum Gasteiger partial charge on any atom is 0.326 e. The second-order valence-electron chi connectivity index (χ2n) is 7.00. The summed E-state index contributed by atoms with van der Waals surface area (Å²) < 4.78 is 15.0. The molecule has 2 heterocycles. The molecule has 1 aromatic heterocycles. The number of anilines is 1. The Morgan fingerprint density at radius 2 is 1.96 bits per heavy atom. The van der Waals surface area contributed by atoms with Gasteiger partial charge in [0.2, 0.25) is 5.91 Å². The average Bonchev–Trinajstić information content (AvgIpc) is 3.01. The van der Waals surface area contributed by atoms with Crippen LogP contribution in [0.25, 0.3) is 11.0 Å². The van der Waals surface area contributed by atoms with Crippen LogP contribution >= 0.6 is 11.6 Å². The van der Waals surface area contributed by atoms with Gasteiger partial charge >= 0.3 is 5.69 Å². The minimum atomic E-state index is -0.519. The normalized spacial score (nSPS) is 15.8. The summed E-state index contributed by atoms with van der Waals surface area (Å²) in [7, 11) is 0. The standard InChI is InChI=1S/C20H20ClFN4O2/c21-15-11-13(5-6-16(15)22)23-19(27)12-25-9-7-14(8-10-25)26-18-4-2-1-3-17(18)24-20(26)28/h1-6,11,14H,7-10,12H2,(H,23,27)(H,24,28). The highest BCUT2D eigenvalue weighted by molar-refractivity contribution is 6.31. The third-order valence-corrected chi connectivity index (χ3v) is 5.41. The second kappa shape index (κ2) is 7.77. The molecule has 0 aliphatic carbocycles. The van der Waals surface area contributed by atoms with Crippen molar-refractivity contribution in [1.82, 2.24) is 14.5 Å². The van der Waals surface area contributed by atoms with Crippen LogP contribution in [0.2, 0.25) is 5.02 Å². The van der Waals surface area contributed by atoms with E-state index in [4.69, 9.17) is 11.6 Å². The number of aromatic amines is 1. The van der Waals surface area contributed by atoms with Crippen LogP contribution in [0.5, 0.6) is 0 Å². The predicted octanol–water partition coefficient (Wildman–Crippen LogP) is 3.40. The summed E-state index contributed by atoms with van der Waals surface area (Å²) in [6.45, 7) is 1.67. The summed E-state index contributed by atoms with van der Waals surface area (Å²) in [5.41, 5.74) is 2.13. The number of rotatable bonds is 4. The van der Waals surface area contributed by atoms with Crippen LogP contribution in [-0.2, 0) is 4.79 Å². The zero-order valence-corrected chi connectivity index (χ0v) is 15.9. The van der Waals surface area contributed by atoms with Crippen molar-refractivity contribution in [1.29, 1.82) is 0 Å². The molecule has 2 N–H and O–H groups in total. The van der Waals surface area contributed by atoms with Crippen LogP contribution in [-0.4, -0.2) is 40.0 Å². The average molecular weight is 403 g/mol. The number of fused-ring (bicyclic) bond motifs is 1. The number of carbonyl (C=O) groups excluding carboxylic acids is 1. The number of carbonyl (C=O) groups is 1. The Morgan fingerprint density at radius 1 is 1.21 bits per heavy atom. The number of piperidine rings is 1. The number of imidazole rings is 1. The highest BCUT2D eigenvalue weighted by atomic mass is 35.5. The topological polar surface area (TPSA) is 70.1 Å². The number of benzene rings is 2. The number of H-pyrrole nitrogens is 1. The fourth-order valence-corrected chi connectivity index (χ4v) is 3.93. The van der Waals surface area contributed by atoms with Gasteiger partial charge in [-0.2, -0.15) is 0 Å². The van der Waals surface area contributed by atoms with Crippen molar-refractivity contribution in [3.8, 4) is 0 Å². The molecule has 0 saturated carbocycles. The number of para-hydroxylation sites is 2. The van der Waals surface area contributed by atoms with Crippen LogP contribution < -0.4 is 11.0 Å². The number of aromatic nitrogens is 2. The molecule has 8 heteroatoms. The van der Waals surface area contributed by atoms with Gasteiger partial charge in [-0.15, -0.1) is 0 Å². The maximum absolute atomic E-state index is 13.2. The predicted molar refractivity (Wildman–Crippen MR) is 107 cm³/mol. The van der Waals surface area contributed by atoms with E-state index in [0.717, 1.165) is 23.9 Å². The Hall–Kier alpha value is -2.64. The molecular formula is C20H20ClFN4O2. The molecule has 0 unspecified atom stereocenters. The van der Waals surface area contributed by atoms with Gasteiger partial charge in [0.25, 0.3) is 0 Å². The van der Waals surface area contributed by atoms with Crippen LogP contribution in [0.1, 0.15) is 18.9 Å². The van der Waals surface area contributed by atoms with Crippen LogP contribution in [0.15, 0.2) is 47.3 Å². The van der Waals surface area contributed by atoms with Crippen LogP contribution in [0.4, 0.5) is 10.1 Å². The van der Waals surface area contributed by atoms with Gasteiger partial charge < -0.3 is 10.3 Å². The Balaban J connectivity index is 1.36. The van der Waals surface area contributed by atoms with Gasteiger partial charge in [-0.05, 0) is 43.2 Å². The van der Waals surface area contributed by atoms with E-state index in [2.05, 4.69) is 15.2 Å². The Bertz CT molecular complexity index is 1070. The van der Waals surface area contributed by atoms with Crippen molar-refractivity contribution in [2.45, 2.75) is 18.9 Å². The van der Waals surface area contributed by atoms with E-state index in [1.807, 2.05) is 28.8 Å². The monoisotopic (exact) mass is 402 g/mol. The zero-order valence-electron chi connectivity index (χ0n) is 15.1. The summed E-state index contributed by atoms with van der Waals surface area (Å²) in [5, 5.41) is 2.71. The third kappa shape index (κ3) is 3.81. The number of nitrogens with zero attached hydrogens (tertiary/aromatic N) is 2. The summed E-state index contributed by atoms with van der Waals surface area (Å²) in [6.07, 6.45) is 1.58. The molecule has 6 nitrogen and oxygen atoms in total. The zero-order chi connectivity index (χ0) is 19.7. The first kappa shape index (κ1) is 18.7. The van der Waals surface area contributed by atoms with Crippen molar-refractivity contribution in [2.24, 2.45) is 0 Å². The molecule has 28 heavy (non-hydrogen) atoms. The number of hydrogen-bond acceptors (Lipinski definition) is 3. The van der Waals surface area contributed by atoms with Gasteiger partial charge in [0.1, 0.15) is 5.82 Å². The summed E-state index contributed by atoms with van der Waals surface area (Å²) in [6, 6.07) is 11.9. The Morgan fingerprint density at radius 3 is 2.71 bits per heavy atom. The summed E-state index contributed by atoms with van der Waals surface area (Å²) in [4.78, 5) is 29.6. The van der Waals surface area contributed by atoms with Crippen molar-refractivity contribution in [2.75, 3.05) is 25.0 Å². The molecule has 1 amide bonds. The van der Waals surface area contributed by atoms with E-state index < -0.39 is 5.82 Å². The largest absolute Gasteiger partial charge is 0.326 e. The van der Waals surface area contributed by atoms with E-state index in [-0.39, 0.29) is 29.2 Å². The first-order valence-corrected chi connectivity index (χ1v) is 9.55. The lowest BCUT2D eigenvalue weighted by atomic mass is 10.0. The minimum absolute atomic E-state index is 0.0252. The molecule has 0 atom stereocenters. The molecule has 0 radical (unpaired) electrons. The number of hydrogen-bond donors (Lipinski definition) is 2. The van der Waals surface area contributed by atoms with Gasteiger partial charge in [0, 0.05) is 24.8 Å². The van der Waals surface area contributed by atoms with Gasteiger partial charge in [-0.25, -0.2) is 9.18 Å². The molecule has 1 aliphatic rings. The minimum Gasteiger partial charge on any atom is -0.325 e. The van der Waals surface area contributed by atoms with Crippen molar-refractivity contribution in [3.63, 3.8) is 0 Å². The third-order valence-electron chi connectivity index (χ3n) is 5.12. The Kier molecular flexibility index (Phi) is 5.19. The highest BCUT2D eigenvalue weighted by Crippen LogP contribution is 2.25. The lowest BCUT2D eigenvalue weighted by molar-refractivity contribution is -0.117. The van der Waals surface area contributed by atoms with Crippen molar-refractivity contribution in [3.05, 3.63) is 63.8 Å². The molecule has 1 saturated heterocycles. The smallest absolute Gasteiger partial charge is 0.325 e. The molecule has 2 aromatic carbocycles. The first-order valence-electron chi connectivity index (χ1n) is 9.18. The second-order valence-corrected chi connectivity index (χ2v) is 7.41. The molecule has 1 fully saturated rings. The number of nitrogens with one attached hydrogen (secondary N) is 2. The lowest BCUT2D eigenvalue weighted by Gasteiger charge is -2.32. The van der Waals surface area contributed by atoms with E-state index in [0.29, 0.717) is 18.8 Å². The van der Waals surface area contributed by atoms with Gasteiger partial charge in [-0.3, -0.25) is 14.3 Å². The maximum atomic E-state index is 13.2. The molecule has 0 spiro atoms.